The van der Waals surface area contributed by atoms with E-state index in [0.717, 1.165) is 44.4 Å². The molecule has 2 heterocycles. The SMILES string of the molecule is CCCC1C=CC=c2c(ccn2Cc2ccc(C(=N)N3CCNCC3)cc2F)=C1. The zero-order valence-corrected chi connectivity index (χ0v) is 17.0. The summed E-state index contributed by atoms with van der Waals surface area (Å²) in [6.45, 7) is 5.99. The first-order valence-corrected chi connectivity index (χ1v) is 10.5. The van der Waals surface area contributed by atoms with Crippen molar-refractivity contribution >= 4 is 18.0 Å². The zero-order chi connectivity index (χ0) is 20.2. The number of nitrogens with one attached hydrogen (secondary N) is 2. The van der Waals surface area contributed by atoms with Crippen LogP contribution < -0.4 is 15.9 Å². The van der Waals surface area contributed by atoms with E-state index in [2.05, 4.69) is 47.2 Å². The van der Waals surface area contributed by atoms with E-state index in [4.69, 9.17) is 5.41 Å². The third-order valence-electron chi connectivity index (χ3n) is 5.77. The normalized spacial score (nSPS) is 18.6. The van der Waals surface area contributed by atoms with Crippen LogP contribution in [0.1, 0.15) is 30.9 Å². The lowest BCUT2D eigenvalue weighted by Crippen LogP contribution is -2.46. The highest BCUT2D eigenvalue weighted by Crippen LogP contribution is 2.15. The standard InChI is InChI=1S/C24H29FN4/c1-2-4-18-5-3-6-23-19(15-18)9-12-29(23)17-21-8-7-20(16-22(21)25)24(26)28-13-10-27-11-14-28/h3,5-9,12,15-16,18,26-27H,2,4,10-11,13-14,17H2,1H3. The smallest absolute Gasteiger partial charge is 0.128 e. The molecule has 0 radical (unpaired) electrons. The van der Waals surface area contributed by atoms with E-state index >= 15 is 0 Å². The number of aromatic nitrogens is 1. The van der Waals surface area contributed by atoms with Crippen LogP contribution in [-0.2, 0) is 6.54 Å². The van der Waals surface area contributed by atoms with Crippen molar-refractivity contribution in [3.8, 4) is 0 Å². The summed E-state index contributed by atoms with van der Waals surface area (Å²) in [5.41, 5.74) is 1.29. The molecule has 152 valence electrons. The van der Waals surface area contributed by atoms with Crippen LogP contribution in [0.15, 0.2) is 42.6 Å². The van der Waals surface area contributed by atoms with Gasteiger partial charge in [-0.1, -0.05) is 43.7 Å². The molecule has 29 heavy (non-hydrogen) atoms. The maximum atomic E-state index is 14.9. The number of amidine groups is 1. The molecular formula is C24H29FN4. The second kappa shape index (κ2) is 8.78. The van der Waals surface area contributed by atoms with Gasteiger partial charge in [0, 0.05) is 48.9 Å². The van der Waals surface area contributed by atoms with Crippen molar-refractivity contribution in [2.75, 3.05) is 26.2 Å². The van der Waals surface area contributed by atoms with Crippen molar-refractivity contribution in [2.45, 2.75) is 26.3 Å². The van der Waals surface area contributed by atoms with Gasteiger partial charge >= 0.3 is 0 Å². The topological polar surface area (TPSA) is 44.1 Å². The van der Waals surface area contributed by atoms with E-state index < -0.39 is 0 Å². The predicted molar refractivity (Wildman–Crippen MR) is 117 cm³/mol. The van der Waals surface area contributed by atoms with Crippen LogP contribution in [-0.4, -0.2) is 41.5 Å². The molecule has 1 fully saturated rings. The van der Waals surface area contributed by atoms with Gasteiger partial charge < -0.3 is 14.8 Å². The minimum absolute atomic E-state index is 0.248. The average Bonchev–Trinajstić information content (AvgIpc) is 2.98. The Balaban J connectivity index is 1.55. The molecule has 2 aliphatic rings. The van der Waals surface area contributed by atoms with Crippen LogP contribution in [0.4, 0.5) is 4.39 Å². The third kappa shape index (κ3) is 4.35. The number of hydrogen-bond donors (Lipinski definition) is 2. The van der Waals surface area contributed by atoms with E-state index in [-0.39, 0.29) is 5.82 Å². The van der Waals surface area contributed by atoms with E-state index in [0.29, 0.717) is 29.4 Å². The van der Waals surface area contributed by atoms with Crippen molar-refractivity contribution in [2.24, 2.45) is 5.92 Å². The van der Waals surface area contributed by atoms with Gasteiger partial charge in [0.2, 0.25) is 0 Å². The number of hydrogen-bond acceptors (Lipinski definition) is 2. The van der Waals surface area contributed by atoms with Crippen LogP contribution >= 0.6 is 0 Å². The average molecular weight is 393 g/mol. The lowest BCUT2D eigenvalue weighted by atomic mass is 10.0. The van der Waals surface area contributed by atoms with Crippen LogP contribution in [0.5, 0.6) is 0 Å². The summed E-state index contributed by atoms with van der Waals surface area (Å²) in [6.07, 6.45) is 13.1. The van der Waals surface area contributed by atoms with Crippen molar-refractivity contribution < 1.29 is 4.39 Å². The van der Waals surface area contributed by atoms with Crippen molar-refractivity contribution in [1.82, 2.24) is 14.8 Å². The number of nitrogens with zero attached hydrogens (tertiary/aromatic N) is 2. The van der Waals surface area contributed by atoms with E-state index in [9.17, 15) is 4.39 Å². The summed E-state index contributed by atoms with van der Waals surface area (Å²) in [5.74, 6) is 0.615. The molecule has 0 spiro atoms. The molecule has 0 bridgehead atoms. The Bertz CT molecular complexity index is 1030. The maximum absolute atomic E-state index is 14.9. The van der Waals surface area contributed by atoms with Crippen molar-refractivity contribution in [3.63, 3.8) is 0 Å². The molecule has 2 N–H and O–H groups in total. The minimum Gasteiger partial charge on any atom is -0.354 e. The van der Waals surface area contributed by atoms with E-state index in [1.165, 1.54) is 11.3 Å². The number of piperazine rings is 1. The Labute approximate surface area is 171 Å². The van der Waals surface area contributed by atoms with Gasteiger partial charge in [0.25, 0.3) is 0 Å². The Morgan fingerprint density at radius 3 is 2.83 bits per heavy atom. The first-order valence-electron chi connectivity index (χ1n) is 10.5. The maximum Gasteiger partial charge on any atom is 0.128 e. The molecule has 1 aliphatic heterocycles. The monoisotopic (exact) mass is 392 g/mol. The van der Waals surface area contributed by atoms with Gasteiger partial charge in [-0.25, -0.2) is 4.39 Å². The number of fused-ring (bicyclic) bond motifs is 1. The number of halogens is 1. The molecule has 0 amide bonds. The lowest BCUT2D eigenvalue weighted by Gasteiger charge is -2.29. The largest absolute Gasteiger partial charge is 0.354 e. The van der Waals surface area contributed by atoms with E-state index in [1.54, 1.807) is 0 Å². The first kappa shape index (κ1) is 19.6. The summed E-state index contributed by atoms with van der Waals surface area (Å²) in [4.78, 5) is 2.00. The molecule has 1 aromatic heterocycles. The van der Waals surface area contributed by atoms with Gasteiger partial charge in [-0.3, -0.25) is 5.41 Å². The van der Waals surface area contributed by atoms with Gasteiger partial charge in [-0.15, -0.1) is 0 Å². The molecule has 1 unspecified atom stereocenters. The Hall–Kier alpha value is -2.66. The third-order valence-corrected chi connectivity index (χ3v) is 5.77. The van der Waals surface area contributed by atoms with Crippen LogP contribution in [0.3, 0.4) is 0 Å². The molecule has 0 saturated carbocycles. The highest BCUT2D eigenvalue weighted by atomic mass is 19.1. The fourth-order valence-electron chi connectivity index (χ4n) is 4.14. The molecule has 1 saturated heterocycles. The van der Waals surface area contributed by atoms with Crippen LogP contribution in [0.25, 0.3) is 12.2 Å². The van der Waals surface area contributed by atoms with Gasteiger partial charge in [0.15, 0.2) is 0 Å². The number of rotatable bonds is 5. The highest BCUT2D eigenvalue weighted by molar-refractivity contribution is 5.96. The van der Waals surface area contributed by atoms with Crippen LogP contribution in [0, 0.1) is 17.1 Å². The molecule has 4 rings (SSSR count). The molecule has 1 aromatic carbocycles. The fourth-order valence-corrected chi connectivity index (χ4v) is 4.14. The fraction of sp³-hybridized carbons (Fsp3) is 0.375. The minimum atomic E-state index is -0.248. The second-order valence-electron chi connectivity index (χ2n) is 7.85. The quantitative estimate of drug-likeness (QED) is 0.606. The van der Waals surface area contributed by atoms with Crippen molar-refractivity contribution in [3.05, 3.63) is 70.1 Å². The van der Waals surface area contributed by atoms with E-state index in [1.807, 2.05) is 23.2 Å². The molecule has 1 aliphatic carbocycles. The van der Waals surface area contributed by atoms with Crippen molar-refractivity contribution in [1.29, 1.82) is 5.41 Å². The second-order valence-corrected chi connectivity index (χ2v) is 7.85. The summed E-state index contributed by atoms with van der Waals surface area (Å²) in [6, 6.07) is 7.32. The predicted octanol–water partition coefficient (Wildman–Crippen LogP) is 2.45. The van der Waals surface area contributed by atoms with Gasteiger partial charge in [-0.05, 0) is 35.8 Å². The molecular weight excluding hydrogens is 363 g/mol. The Morgan fingerprint density at radius 2 is 2.07 bits per heavy atom. The highest BCUT2D eigenvalue weighted by Gasteiger charge is 2.16. The summed E-state index contributed by atoms with van der Waals surface area (Å²) >= 11 is 0. The van der Waals surface area contributed by atoms with Gasteiger partial charge in [0.1, 0.15) is 11.7 Å². The van der Waals surface area contributed by atoms with Gasteiger partial charge in [0.05, 0.1) is 6.54 Å². The van der Waals surface area contributed by atoms with Crippen LogP contribution in [0.2, 0.25) is 0 Å². The molecule has 1 atom stereocenters. The summed E-state index contributed by atoms with van der Waals surface area (Å²) in [7, 11) is 0. The lowest BCUT2D eigenvalue weighted by molar-refractivity contribution is 0.356. The summed E-state index contributed by atoms with van der Waals surface area (Å²) < 4.78 is 17.0. The number of benzene rings is 1. The first-order chi connectivity index (χ1) is 14.2. The Morgan fingerprint density at radius 1 is 1.24 bits per heavy atom. The number of allylic oxidation sites excluding steroid dienone is 2. The molecule has 5 heteroatoms. The summed E-state index contributed by atoms with van der Waals surface area (Å²) in [5, 5.41) is 14.0. The molecule has 2 aromatic rings. The molecule has 4 nitrogen and oxygen atoms in total. The van der Waals surface area contributed by atoms with Gasteiger partial charge in [-0.2, -0.15) is 0 Å². The zero-order valence-electron chi connectivity index (χ0n) is 17.0. The Kier molecular flexibility index (Phi) is 5.95.